The molecule has 4 rings (SSSR count). The van der Waals surface area contributed by atoms with E-state index < -0.39 is 36.2 Å². The van der Waals surface area contributed by atoms with E-state index in [0.717, 1.165) is 0 Å². The van der Waals surface area contributed by atoms with E-state index in [4.69, 9.17) is 0 Å². The molecule has 0 aromatic carbocycles. The van der Waals surface area contributed by atoms with Crippen LogP contribution in [0.25, 0.3) is 11.4 Å². The van der Waals surface area contributed by atoms with Crippen LogP contribution in [0.4, 0.5) is 27.9 Å². The molecule has 1 aliphatic heterocycles. The molecule has 0 aliphatic carbocycles. The number of nitrogens with one attached hydrogen (secondary N) is 1. The highest BCUT2D eigenvalue weighted by Crippen LogP contribution is 2.36. The number of anilines is 1. The van der Waals surface area contributed by atoms with Crippen molar-refractivity contribution in [1.82, 2.24) is 29.8 Å². The molecule has 190 valence electrons. The van der Waals surface area contributed by atoms with Crippen LogP contribution < -0.4 is 5.32 Å². The molecule has 1 fully saturated rings. The summed E-state index contributed by atoms with van der Waals surface area (Å²) in [6, 6.07) is 2.80. The molecule has 3 aromatic rings. The average Bonchev–Trinajstić information content (AvgIpc) is 2.83. The van der Waals surface area contributed by atoms with Crippen molar-refractivity contribution in [3.05, 3.63) is 59.9 Å². The van der Waals surface area contributed by atoms with Crippen molar-refractivity contribution in [2.45, 2.75) is 38.0 Å². The van der Waals surface area contributed by atoms with Crippen molar-refractivity contribution in [2.24, 2.45) is 5.92 Å². The summed E-state index contributed by atoms with van der Waals surface area (Å²) in [5.74, 6) is -3.23. The number of alkyl halides is 5. The summed E-state index contributed by atoms with van der Waals surface area (Å²) < 4.78 is 67.5. The van der Waals surface area contributed by atoms with Gasteiger partial charge in [0.05, 0.1) is 17.7 Å². The monoisotopic (exact) mass is 507 g/mol. The number of aromatic nitrogens is 5. The first kappa shape index (κ1) is 25.5. The Bertz CT molecular complexity index is 1190. The van der Waals surface area contributed by atoms with E-state index in [1.54, 1.807) is 24.0 Å². The second-order valence-corrected chi connectivity index (χ2v) is 8.60. The summed E-state index contributed by atoms with van der Waals surface area (Å²) in [6.07, 6.45) is 1.39. The third-order valence-electron chi connectivity index (χ3n) is 5.97. The molecule has 36 heavy (non-hydrogen) atoms. The Morgan fingerprint density at radius 1 is 1.11 bits per heavy atom. The lowest BCUT2D eigenvalue weighted by atomic mass is 9.87. The first-order valence-corrected chi connectivity index (χ1v) is 11.0. The summed E-state index contributed by atoms with van der Waals surface area (Å²) in [7, 11) is 0. The van der Waals surface area contributed by atoms with Crippen molar-refractivity contribution in [1.29, 1.82) is 0 Å². The molecule has 0 saturated carbocycles. The molecular formula is C23H22F5N7O. The van der Waals surface area contributed by atoms with Gasteiger partial charge in [0.2, 0.25) is 5.95 Å². The van der Waals surface area contributed by atoms with Crippen LogP contribution >= 0.6 is 0 Å². The lowest BCUT2D eigenvalue weighted by Crippen LogP contribution is -2.54. The van der Waals surface area contributed by atoms with E-state index in [1.165, 1.54) is 18.6 Å². The number of pyridine rings is 1. The fourth-order valence-electron chi connectivity index (χ4n) is 4.36. The minimum absolute atomic E-state index is 0.0388. The standard InChI is InChI=1S/C23H22F5N7O/c1-14-7-22(24,25)13-35(18(14)10-34-21-32-8-16(9-33-21)23(26,27)28)11-15-3-6-29-17(12-36)19(15)20-30-4-2-5-31-20/h2-6,8-9,12,14,18H,7,10-11,13H2,1H3,(H,32,33,34)/t14-,18-/m1/s1. The molecule has 2 atom stereocenters. The number of aldehydes is 1. The normalized spacial score (nSPS) is 20.2. The summed E-state index contributed by atoms with van der Waals surface area (Å²) in [4.78, 5) is 33.1. The quantitative estimate of drug-likeness (QED) is 0.377. The first-order chi connectivity index (χ1) is 17.1. The fourth-order valence-corrected chi connectivity index (χ4v) is 4.36. The van der Waals surface area contributed by atoms with Gasteiger partial charge in [-0.05, 0) is 23.6 Å². The molecule has 0 spiro atoms. The molecule has 1 N–H and O–H groups in total. The molecule has 13 heteroatoms. The van der Waals surface area contributed by atoms with Gasteiger partial charge >= 0.3 is 6.18 Å². The largest absolute Gasteiger partial charge is 0.419 e. The van der Waals surface area contributed by atoms with Crippen LogP contribution in [0.3, 0.4) is 0 Å². The van der Waals surface area contributed by atoms with Crippen LogP contribution in [0.1, 0.15) is 35.0 Å². The molecule has 0 amide bonds. The lowest BCUT2D eigenvalue weighted by molar-refractivity contribution is -0.138. The van der Waals surface area contributed by atoms with Crippen molar-refractivity contribution in [3.8, 4) is 11.4 Å². The highest BCUT2D eigenvalue weighted by molar-refractivity contribution is 5.84. The zero-order chi connectivity index (χ0) is 25.9. The van der Waals surface area contributed by atoms with E-state index in [2.05, 4.69) is 30.2 Å². The highest BCUT2D eigenvalue weighted by atomic mass is 19.4. The van der Waals surface area contributed by atoms with Crippen molar-refractivity contribution < 1.29 is 26.7 Å². The maximum Gasteiger partial charge on any atom is 0.419 e. The first-order valence-electron chi connectivity index (χ1n) is 11.0. The summed E-state index contributed by atoms with van der Waals surface area (Å²) in [5.41, 5.74) is -0.00515. The minimum atomic E-state index is -4.57. The van der Waals surface area contributed by atoms with Crippen LogP contribution in [-0.2, 0) is 12.7 Å². The van der Waals surface area contributed by atoms with Gasteiger partial charge in [0.1, 0.15) is 5.69 Å². The van der Waals surface area contributed by atoms with Crippen LogP contribution in [0.5, 0.6) is 0 Å². The van der Waals surface area contributed by atoms with E-state index in [9.17, 15) is 26.7 Å². The molecule has 1 saturated heterocycles. The molecular weight excluding hydrogens is 485 g/mol. The number of carbonyl (C=O) groups excluding carboxylic acids is 1. The van der Waals surface area contributed by atoms with Gasteiger partial charge in [-0.15, -0.1) is 0 Å². The number of rotatable bonds is 7. The Hall–Kier alpha value is -3.61. The molecule has 8 nitrogen and oxygen atoms in total. The highest BCUT2D eigenvalue weighted by Gasteiger charge is 2.44. The van der Waals surface area contributed by atoms with Gasteiger partial charge in [-0.3, -0.25) is 14.7 Å². The Balaban J connectivity index is 1.60. The smallest absolute Gasteiger partial charge is 0.353 e. The van der Waals surface area contributed by atoms with Crippen LogP contribution in [-0.4, -0.2) is 61.2 Å². The topological polar surface area (TPSA) is 96.8 Å². The predicted molar refractivity (Wildman–Crippen MR) is 119 cm³/mol. The number of halogens is 5. The van der Waals surface area contributed by atoms with Gasteiger partial charge in [0.25, 0.3) is 5.92 Å². The SMILES string of the molecule is C[C@@H]1CC(F)(F)CN(Cc2ccnc(C=O)c2-c2ncccn2)[C@@H]1CNc1ncc(C(F)(F)F)cn1. The summed E-state index contributed by atoms with van der Waals surface area (Å²) in [5, 5.41) is 2.87. The van der Waals surface area contributed by atoms with Crippen molar-refractivity contribution in [2.75, 3.05) is 18.4 Å². The third-order valence-corrected chi connectivity index (χ3v) is 5.97. The zero-order valence-electron chi connectivity index (χ0n) is 19.1. The lowest BCUT2D eigenvalue weighted by Gasteiger charge is -2.43. The number of hydrogen-bond donors (Lipinski definition) is 1. The van der Waals surface area contributed by atoms with Gasteiger partial charge in [0.15, 0.2) is 12.1 Å². The van der Waals surface area contributed by atoms with Crippen molar-refractivity contribution in [3.63, 3.8) is 0 Å². The Morgan fingerprint density at radius 2 is 1.81 bits per heavy atom. The maximum absolute atomic E-state index is 14.6. The average molecular weight is 507 g/mol. The summed E-state index contributed by atoms with van der Waals surface area (Å²) >= 11 is 0. The molecule has 1 aliphatic rings. The second-order valence-electron chi connectivity index (χ2n) is 8.60. The van der Waals surface area contributed by atoms with Gasteiger partial charge in [-0.2, -0.15) is 13.2 Å². The third kappa shape index (κ3) is 5.78. The van der Waals surface area contributed by atoms with Crippen molar-refractivity contribution >= 4 is 12.2 Å². The number of hydrogen-bond acceptors (Lipinski definition) is 8. The predicted octanol–water partition coefficient (Wildman–Crippen LogP) is 4.12. The van der Waals surface area contributed by atoms with E-state index in [0.29, 0.717) is 29.8 Å². The second kappa shape index (κ2) is 10.2. The van der Waals surface area contributed by atoms with Crippen LogP contribution in [0.2, 0.25) is 0 Å². The fraction of sp³-hybridized carbons (Fsp3) is 0.391. The van der Waals surface area contributed by atoms with Gasteiger partial charge in [-0.25, -0.2) is 28.7 Å². The van der Waals surface area contributed by atoms with E-state index >= 15 is 0 Å². The van der Waals surface area contributed by atoms with Crippen LogP contribution in [0.15, 0.2) is 43.1 Å². The molecule has 0 unspecified atom stereocenters. The molecule has 0 bridgehead atoms. The van der Waals surface area contributed by atoms with Gasteiger partial charge in [0, 0.05) is 56.5 Å². The minimum Gasteiger partial charge on any atom is -0.353 e. The Labute approximate surface area is 203 Å². The number of nitrogens with zero attached hydrogens (tertiary/aromatic N) is 6. The Morgan fingerprint density at radius 3 is 2.44 bits per heavy atom. The van der Waals surface area contributed by atoms with Gasteiger partial charge < -0.3 is 5.32 Å². The van der Waals surface area contributed by atoms with Crippen LogP contribution in [0, 0.1) is 5.92 Å². The molecule has 0 radical (unpaired) electrons. The zero-order valence-corrected chi connectivity index (χ0v) is 19.1. The van der Waals surface area contributed by atoms with E-state index in [-0.39, 0.29) is 37.0 Å². The molecule has 3 aromatic heterocycles. The number of likely N-dealkylation sites (tertiary alicyclic amines) is 1. The van der Waals surface area contributed by atoms with E-state index in [1.807, 2.05) is 0 Å². The van der Waals surface area contributed by atoms with Gasteiger partial charge in [-0.1, -0.05) is 6.92 Å². The number of piperidine rings is 1. The number of carbonyl (C=O) groups is 1. The molecule has 4 heterocycles. The summed E-state index contributed by atoms with van der Waals surface area (Å²) in [6.45, 7) is 1.29. The maximum atomic E-state index is 14.6. The Kier molecular flexibility index (Phi) is 7.20.